The Morgan fingerprint density at radius 1 is 1.38 bits per heavy atom. The summed E-state index contributed by atoms with van der Waals surface area (Å²) in [5, 5.41) is 0. The molecule has 0 amide bonds. The Kier molecular flexibility index (Phi) is 4.00. The van der Waals surface area contributed by atoms with Gasteiger partial charge in [-0.2, -0.15) is 0 Å². The van der Waals surface area contributed by atoms with E-state index in [1.165, 1.54) is 41.3 Å². The van der Waals surface area contributed by atoms with Gasteiger partial charge < -0.3 is 0 Å². The lowest BCUT2D eigenvalue weighted by Crippen LogP contribution is -2.32. The van der Waals surface area contributed by atoms with Crippen molar-refractivity contribution in [3.05, 3.63) is 33.8 Å². The Bertz CT molecular complexity index is 359. The van der Waals surface area contributed by atoms with Gasteiger partial charge in [-0.1, -0.05) is 40.9 Å². The number of nitrogens with two attached hydrogens (primary N) is 1. The molecule has 16 heavy (non-hydrogen) atoms. The Hall–Kier alpha value is -0.380. The number of hydrazine groups is 1. The van der Waals surface area contributed by atoms with Crippen LogP contribution in [0.4, 0.5) is 0 Å². The lowest BCUT2D eigenvalue weighted by molar-refractivity contribution is 0.373. The van der Waals surface area contributed by atoms with Crippen LogP contribution in [0.2, 0.25) is 0 Å². The molecular formula is C13H19BrN2. The molecule has 0 radical (unpaired) electrons. The predicted octanol–water partition coefficient (Wildman–Crippen LogP) is 3.45. The summed E-state index contributed by atoms with van der Waals surface area (Å²) >= 11 is 3.58. The van der Waals surface area contributed by atoms with Crippen LogP contribution in [-0.4, -0.2) is 0 Å². The van der Waals surface area contributed by atoms with Crippen LogP contribution in [-0.2, 0) is 0 Å². The topological polar surface area (TPSA) is 38.0 Å². The van der Waals surface area contributed by atoms with Crippen molar-refractivity contribution >= 4 is 15.9 Å². The second kappa shape index (κ2) is 5.30. The van der Waals surface area contributed by atoms with E-state index in [0.717, 1.165) is 0 Å². The van der Waals surface area contributed by atoms with Crippen LogP contribution in [0.1, 0.15) is 42.9 Å². The van der Waals surface area contributed by atoms with E-state index in [9.17, 15) is 0 Å². The van der Waals surface area contributed by atoms with Crippen molar-refractivity contribution in [2.75, 3.05) is 0 Å². The van der Waals surface area contributed by atoms with E-state index < -0.39 is 0 Å². The van der Waals surface area contributed by atoms with E-state index in [1.807, 2.05) is 0 Å². The van der Waals surface area contributed by atoms with E-state index in [0.29, 0.717) is 12.0 Å². The minimum absolute atomic E-state index is 0.305. The molecule has 0 heterocycles. The van der Waals surface area contributed by atoms with Gasteiger partial charge in [0.05, 0.1) is 0 Å². The molecule has 1 fully saturated rings. The molecule has 1 aliphatic rings. The third-order valence-electron chi connectivity index (χ3n) is 3.61. The molecule has 1 aliphatic carbocycles. The number of nitrogens with one attached hydrogen (secondary N) is 1. The molecule has 0 aromatic heterocycles. The maximum atomic E-state index is 5.71. The molecule has 1 unspecified atom stereocenters. The maximum Gasteiger partial charge on any atom is 0.0488 e. The molecule has 0 bridgehead atoms. The molecule has 1 saturated carbocycles. The number of benzene rings is 1. The Balaban J connectivity index is 2.22. The fourth-order valence-electron chi connectivity index (χ4n) is 2.60. The number of rotatable bonds is 3. The summed E-state index contributed by atoms with van der Waals surface area (Å²) in [6.45, 7) is 2.11. The first-order valence-electron chi connectivity index (χ1n) is 5.94. The van der Waals surface area contributed by atoms with Crippen molar-refractivity contribution in [2.24, 2.45) is 11.8 Å². The van der Waals surface area contributed by atoms with Gasteiger partial charge >= 0.3 is 0 Å². The van der Waals surface area contributed by atoms with Gasteiger partial charge in [-0.3, -0.25) is 11.3 Å². The van der Waals surface area contributed by atoms with Crippen LogP contribution < -0.4 is 11.3 Å². The van der Waals surface area contributed by atoms with Crippen molar-refractivity contribution in [3.8, 4) is 0 Å². The van der Waals surface area contributed by atoms with Crippen molar-refractivity contribution < 1.29 is 0 Å². The second-order valence-electron chi connectivity index (χ2n) is 4.70. The van der Waals surface area contributed by atoms with Gasteiger partial charge in [0.1, 0.15) is 0 Å². The van der Waals surface area contributed by atoms with Crippen molar-refractivity contribution in [2.45, 2.75) is 38.6 Å². The van der Waals surface area contributed by atoms with Gasteiger partial charge in [0.25, 0.3) is 0 Å². The molecule has 2 rings (SSSR count). The summed E-state index contributed by atoms with van der Waals surface area (Å²) in [4.78, 5) is 0. The average Bonchev–Trinajstić information content (AvgIpc) is 2.78. The highest BCUT2D eigenvalue weighted by atomic mass is 79.9. The molecule has 0 aliphatic heterocycles. The summed E-state index contributed by atoms with van der Waals surface area (Å²) in [5.74, 6) is 6.40. The molecule has 1 aromatic carbocycles. The highest BCUT2D eigenvalue weighted by molar-refractivity contribution is 9.10. The quantitative estimate of drug-likeness (QED) is 0.658. The van der Waals surface area contributed by atoms with E-state index in [-0.39, 0.29) is 0 Å². The first kappa shape index (κ1) is 12.1. The van der Waals surface area contributed by atoms with E-state index in [2.05, 4.69) is 46.5 Å². The summed E-state index contributed by atoms with van der Waals surface area (Å²) < 4.78 is 1.17. The molecule has 88 valence electrons. The normalized spacial score (nSPS) is 18.9. The van der Waals surface area contributed by atoms with E-state index >= 15 is 0 Å². The number of halogens is 1. The molecule has 3 heteroatoms. The summed E-state index contributed by atoms with van der Waals surface area (Å²) in [7, 11) is 0. The van der Waals surface area contributed by atoms with Crippen molar-refractivity contribution in [3.63, 3.8) is 0 Å². The number of hydrogen-bond donors (Lipinski definition) is 2. The van der Waals surface area contributed by atoms with Gasteiger partial charge in [-0.15, -0.1) is 0 Å². The highest BCUT2D eigenvalue weighted by Gasteiger charge is 2.25. The lowest BCUT2D eigenvalue weighted by atomic mass is 9.92. The minimum Gasteiger partial charge on any atom is -0.271 e. The van der Waals surface area contributed by atoms with Crippen LogP contribution in [0, 0.1) is 12.8 Å². The van der Waals surface area contributed by atoms with Crippen LogP contribution in [0.15, 0.2) is 22.7 Å². The lowest BCUT2D eigenvalue weighted by Gasteiger charge is -2.23. The summed E-state index contributed by atoms with van der Waals surface area (Å²) in [5.41, 5.74) is 5.55. The van der Waals surface area contributed by atoms with E-state index in [1.54, 1.807) is 0 Å². The number of aryl methyl sites for hydroxylation is 1. The molecule has 3 N–H and O–H groups in total. The Morgan fingerprint density at radius 3 is 2.62 bits per heavy atom. The smallest absolute Gasteiger partial charge is 0.0488 e. The first-order valence-corrected chi connectivity index (χ1v) is 6.74. The maximum absolute atomic E-state index is 5.71. The zero-order chi connectivity index (χ0) is 11.5. The summed E-state index contributed by atoms with van der Waals surface area (Å²) in [6.07, 6.45) is 5.27. The molecule has 1 atom stereocenters. The monoisotopic (exact) mass is 282 g/mol. The van der Waals surface area contributed by atoms with Gasteiger partial charge in [-0.25, -0.2) is 0 Å². The van der Waals surface area contributed by atoms with Gasteiger partial charge in [0.15, 0.2) is 0 Å². The molecule has 0 spiro atoms. The van der Waals surface area contributed by atoms with E-state index in [4.69, 9.17) is 5.84 Å². The van der Waals surface area contributed by atoms with Crippen molar-refractivity contribution in [1.29, 1.82) is 0 Å². The average molecular weight is 283 g/mol. The Morgan fingerprint density at radius 2 is 2.06 bits per heavy atom. The fourth-order valence-corrected chi connectivity index (χ4v) is 2.99. The zero-order valence-electron chi connectivity index (χ0n) is 9.67. The zero-order valence-corrected chi connectivity index (χ0v) is 11.3. The van der Waals surface area contributed by atoms with Gasteiger partial charge in [0, 0.05) is 10.5 Å². The van der Waals surface area contributed by atoms with Crippen LogP contribution in [0.3, 0.4) is 0 Å². The molecule has 1 aromatic rings. The van der Waals surface area contributed by atoms with Gasteiger partial charge in [0.2, 0.25) is 0 Å². The predicted molar refractivity (Wildman–Crippen MR) is 70.9 cm³/mol. The number of hydrogen-bond acceptors (Lipinski definition) is 2. The fraction of sp³-hybridized carbons (Fsp3) is 0.538. The van der Waals surface area contributed by atoms with Crippen molar-refractivity contribution in [1.82, 2.24) is 5.43 Å². The molecule has 0 saturated heterocycles. The molecular weight excluding hydrogens is 264 g/mol. The first-order chi connectivity index (χ1) is 7.72. The third kappa shape index (κ3) is 2.47. The second-order valence-corrected chi connectivity index (χ2v) is 5.55. The Labute approximate surface area is 106 Å². The summed E-state index contributed by atoms with van der Waals surface area (Å²) in [6, 6.07) is 6.83. The minimum atomic E-state index is 0.305. The van der Waals surface area contributed by atoms with Crippen LogP contribution in [0.25, 0.3) is 0 Å². The van der Waals surface area contributed by atoms with Gasteiger partial charge in [-0.05, 0) is 42.9 Å². The highest BCUT2D eigenvalue weighted by Crippen LogP contribution is 2.36. The molecule has 2 nitrogen and oxygen atoms in total. The SMILES string of the molecule is Cc1ccc(C(NN)C2CCCC2)cc1Br. The standard InChI is InChI=1S/C13H19BrN2/c1-9-6-7-11(8-12(9)14)13(16-15)10-4-2-3-5-10/h6-8,10,13,16H,2-5,15H2,1H3. The third-order valence-corrected chi connectivity index (χ3v) is 4.46. The largest absolute Gasteiger partial charge is 0.271 e. The van der Waals surface area contributed by atoms with Crippen LogP contribution in [0.5, 0.6) is 0 Å². The van der Waals surface area contributed by atoms with Crippen LogP contribution >= 0.6 is 15.9 Å².